The van der Waals surface area contributed by atoms with E-state index < -0.39 is 11.9 Å². The normalized spacial score (nSPS) is 31.9. The van der Waals surface area contributed by atoms with Crippen LogP contribution in [0.3, 0.4) is 0 Å². The number of piperidine rings is 1. The Morgan fingerprint density at radius 1 is 1.16 bits per heavy atom. The highest BCUT2D eigenvalue weighted by Crippen LogP contribution is 2.56. The smallest absolute Gasteiger partial charge is 0.414 e. The van der Waals surface area contributed by atoms with E-state index in [1.54, 1.807) is 0 Å². The molecule has 5 rings (SSSR count). The number of carbonyl (C=O) groups is 3. The first kappa shape index (κ1) is 27.3. The van der Waals surface area contributed by atoms with Gasteiger partial charge in [-0.05, 0) is 74.9 Å². The summed E-state index contributed by atoms with van der Waals surface area (Å²) in [4.78, 5) is 33.5. The summed E-state index contributed by atoms with van der Waals surface area (Å²) in [5.74, 6) is -2.65. The summed E-state index contributed by atoms with van der Waals surface area (Å²) in [7, 11) is 0. The Labute approximate surface area is 219 Å². The van der Waals surface area contributed by atoms with Crippen LogP contribution in [0.1, 0.15) is 57.4 Å². The molecule has 1 aromatic carbocycles. The van der Waals surface area contributed by atoms with E-state index in [0.717, 1.165) is 58.3 Å². The molecule has 0 aromatic heterocycles. The zero-order chi connectivity index (χ0) is 26.6. The molecule has 0 radical (unpaired) electrons. The number of aliphatic carboxylic acids is 2. The summed E-state index contributed by atoms with van der Waals surface area (Å²) in [5.41, 5.74) is 3.09. The monoisotopic (exact) mass is 512 g/mol. The number of carbonyl (C=O) groups excluding carboxylic acids is 1. The average Bonchev–Trinajstić information content (AvgIpc) is 3.16. The van der Waals surface area contributed by atoms with Crippen LogP contribution in [0.15, 0.2) is 42.5 Å². The molecule has 202 valence electrons. The third-order valence-electron chi connectivity index (χ3n) is 8.97. The molecule has 8 nitrogen and oxygen atoms in total. The van der Waals surface area contributed by atoms with Crippen LogP contribution in [0.25, 0.3) is 0 Å². The minimum Gasteiger partial charge on any atom is -0.473 e. The van der Waals surface area contributed by atoms with Gasteiger partial charge in [-0.2, -0.15) is 0 Å². The Kier molecular flexibility index (Phi) is 8.70. The fourth-order valence-electron chi connectivity index (χ4n) is 6.92. The highest BCUT2D eigenvalue weighted by Gasteiger charge is 2.55. The molecule has 3 N–H and O–H groups in total. The van der Waals surface area contributed by atoms with Gasteiger partial charge in [-0.1, -0.05) is 49.4 Å². The third-order valence-corrected chi connectivity index (χ3v) is 8.97. The van der Waals surface area contributed by atoms with Crippen LogP contribution in [0.5, 0.6) is 0 Å². The Morgan fingerprint density at radius 2 is 1.84 bits per heavy atom. The van der Waals surface area contributed by atoms with Gasteiger partial charge >= 0.3 is 17.9 Å². The highest BCUT2D eigenvalue weighted by molar-refractivity contribution is 6.27. The molecule has 2 aliphatic heterocycles. The van der Waals surface area contributed by atoms with E-state index in [1.807, 2.05) is 0 Å². The van der Waals surface area contributed by atoms with Gasteiger partial charge in [-0.3, -0.25) is 9.69 Å². The molecule has 4 aliphatic rings. The van der Waals surface area contributed by atoms with Crippen LogP contribution in [0.2, 0.25) is 0 Å². The number of hydrogen-bond donors (Lipinski definition) is 3. The van der Waals surface area contributed by atoms with E-state index in [9.17, 15) is 4.79 Å². The molecular formula is C29H40N2O6. The molecule has 2 heterocycles. The number of hydrogen-bond acceptors (Lipinski definition) is 6. The summed E-state index contributed by atoms with van der Waals surface area (Å²) >= 11 is 0. The van der Waals surface area contributed by atoms with Crippen molar-refractivity contribution in [1.82, 2.24) is 10.2 Å². The minimum absolute atomic E-state index is 0.0200. The number of rotatable bonds is 5. The number of ether oxygens (including phenoxy) is 1. The Balaban J connectivity index is 0.000000480. The van der Waals surface area contributed by atoms with Crippen LogP contribution >= 0.6 is 0 Å². The van der Waals surface area contributed by atoms with Crippen LogP contribution in [0, 0.1) is 23.2 Å². The van der Waals surface area contributed by atoms with Crippen molar-refractivity contribution in [3.63, 3.8) is 0 Å². The van der Waals surface area contributed by atoms with Gasteiger partial charge in [0.25, 0.3) is 0 Å². The first-order valence-electron chi connectivity index (χ1n) is 13.5. The van der Waals surface area contributed by atoms with Gasteiger partial charge in [0.15, 0.2) is 0 Å². The lowest BCUT2D eigenvalue weighted by atomic mass is 9.55. The van der Waals surface area contributed by atoms with Gasteiger partial charge in [0.2, 0.25) is 0 Å². The zero-order valence-corrected chi connectivity index (χ0v) is 21.7. The topological polar surface area (TPSA) is 116 Å². The van der Waals surface area contributed by atoms with E-state index in [4.69, 9.17) is 24.5 Å². The summed E-state index contributed by atoms with van der Waals surface area (Å²) < 4.78 is 5.93. The van der Waals surface area contributed by atoms with Crippen molar-refractivity contribution in [3.8, 4) is 0 Å². The molecular weight excluding hydrogens is 472 g/mol. The third kappa shape index (κ3) is 6.60. The fourth-order valence-corrected chi connectivity index (χ4v) is 6.92. The summed E-state index contributed by atoms with van der Waals surface area (Å²) in [6.45, 7) is 10.9. The number of nitrogens with one attached hydrogen (secondary N) is 1. The van der Waals surface area contributed by atoms with Crippen molar-refractivity contribution in [2.45, 2.75) is 70.6 Å². The molecule has 5 atom stereocenters. The number of carboxylic acids is 2. The van der Waals surface area contributed by atoms with Gasteiger partial charge in [0, 0.05) is 25.0 Å². The number of likely N-dealkylation sites (tertiary alicyclic amines) is 1. The van der Waals surface area contributed by atoms with Crippen molar-refractivity contribution in [2.24, 2.45) is 23.2 Å². The van der Waals surface area contributed by atoms with Gasteiger partial charge in [0.1, 0.15) is 6.10 Å². The van der Waals surface area contributed by atoms with Crippen molar-refractivity contribution in [3.05, 3.63) is 48.0 Å². The lowest BCUT2D eigenvalue weighted by molar-refractivity contribution is -0.159. The maximum absolute atomic E-state index is 12.8. The molecule has 4 fully saturated rings. The fraction of sp³-hybridized carbons (Fsp3) is 0.621. The Hall–Kier alpha value is -2.71. The van der Waals surface area contributed by atoms with Crippen molar-refractivity contribution in [1.29, 1.82) is 0 Å². The van der Waals surface area contributed by atoms with Crippen molar-refractivity contribution >= 4 is 17.9 Å². The van der Waals surface area contributed by atoms with Crippen LogP contribution < -0.4 is 5.32 Å². The van der Waals surface area contributed by atoms with Crippen LogP contribution in [-0.2, 0) is 25.7 Å². The highest BCUT2D eigenvalue weighted by atomic mass is 16.6. The molecule has 2 unspecified atom stereocenters. The van der Waals surface area contributed by atoms with Gasteiger partial charge < -0.3 is 20.3 Å². The van der Waals surface area contributed by atoms with E-state index in [1.165, 1.54) is 24.0 Å². The van der Waals surface area contributed by atoms with E-state index in [-0.39, 0.29) is 23.4 Å². The second kappa shape index (κ2) is 11.8. The Morgan fingerprint density at radius 3 is 2.49 bits per heavy atom. The minimum atomic E-state index is -1.82. The number of esters is 1. The lowest BCUT2D eigenvalue weighted by Crippen LogP contribution is -2.47. The van der Waals surface area contributed by atoms with Crippen LogP contribution in [-0.4, -0.2) is 64.8 Å². The Bertz CT molecular complexity index is 977. The standard InChI is InChI=1S/C27H38N2O2.C2H2O4/c1-19-7-6-12-27(2)16-25-22(15-24(19)27)23(26(30)31-25)17-28-21-10-13-29(14-11-21)18-20-8-4-3-5-9-20;3-1(4)2(5)6/h3-5,8-9,21-25,28H,1,6-7,10-18H2,2H3;(H,3,4)(H,5,6)/t22-,23?,24?,25-,27-;/m1./s1. The van der Waals surface area contributed by atoms with Crippen LogP contribution in [0.4, 0.5) is 0 Å². The first-order chi connectivity index (χ1) is 17.7. The average molecular weight is 513 g/mol. The number of carboxylic acid groups (broad SMARTS) is 2. The number of fused-ring (bicyclic) bond motifs is 2. The maximum atomic E-state index is 12.8. The largest absolute Gasteiger partial charge is 0.473 e. The molecule has 8 heteroatoms. The van der Waals surface area contributed by atoms with E-state index in [0.29, 0.717) is 17.9 Å². The molecule has 2 saturated carbocycles. The van der Waals surface area contributed by atoms with Crippen molar-refractivity contribution < 1.29 is 29.3 Å². The quantitative estimate of drug-likeness (QED) is 0.311. The molecule has 0 amide bonds. The molecule has 2 aliphatic carbocycles. The van der Waals surface area contributed by atoms with Gasteiger partial charge in [-0.25, -0.2) is 9.59 Å². The number of benzene rings is 1. The molecule has 0 spiro atoms. The maximum Gasteiger partial charge on any atom is 0.414 e. The number of nitrogens with zero attached hydrogens (tertiary/aromatic N) is 1. The second-order valence-electron chi connectivity index (χ2n) is 11.5. The van der Waals surface area contributed by atoms with Gasteiger partial charge in [-0.15, -0.1) is 0 Å². The predicted molar refractivity (Wildman–Crippen MR) is 139 cm³/mol. The first-order valence-corrected chi connectivity index (χ1v) is 13.5. The molecule has 0 bridgehead atoms. The second-order valence-corrected chi connectivity index (χ2v) is 11.5. The zero-order valence-electron chi connectivity index (χ0n) is 21.7. The molecule has 37 heavy (non-hydrogen) atoms. The number of allylic oxidation sites excluding steroid dienone is 1. The van der Waals surface area contributed by atoms with E-state index >= 15 is 0 Å². The lowest BCUT2D eigenvalue weighted by Gasteiger charge is -2.50. The summed E-state index contributed by atoms with van der Waals surface area (Å²) in [6.07, 6.45) is 8.21. The van der Waals surface area contributed by atoms with E-state index in [2.05, 4.69) is 54.1 Å². The van der Waals surface area contributed by atoms with Gasteiger partial charge in [0.05, 0.1) is 5.92 Å². The molecule has 1 aromatic rings. The predicted octanol–water partition coefficient (Wildman–Crippen LogP) is 3.71. The SMILES string of the molecule is C=C1CCC[C@]2(C)C[C@H]3OC(=O)C(CNC4CCN(Cc5ccccc5)CC4)[C@H]3CC12.O=C(O)C(=O)O. The molecule has 2 saturated heterocycles. The summed E-state index contributed by atoms with van der Waals surface area (Å²) in [6, 6.07) is 11.3. The van der Waals surface area contributed by atoms with Crippen molar-refractivity contribution in [2.75, 3.05) is 19.6 Å². The summed E-state index contributed by atoms with van der Waals surface area (Å²) in [5, 5.41) is 18.5.